The number of furan rings is 1. The molecular formula is C22H18N2O2. The lowest BCUT2D eigenvalue weighted by Crippen LogP contribution is -2.13. The van der Waals surface area contributed by atoms with Crippen LogP contribution in [0.15, 0.2) is 77.5 Å². The van der Waals surface area contributed by atoms with Crippen molar-refractivity contribution in [2.45, 2.75) is 18.9 Å². The van der Waals surface area contributed by atoms with Gasteiger partial charge in [0.1, 0.15) is 5.76 Å². The fraction of sp³-hybridized carbons (Fsp3) is 0.136. The molecule has 0 fully saturated rings. The van der Waals surface area contributed by atoms with Crippen LogP contribution in [-0.2, 0) is 11.3 Å². The molecular weight excluding hydrogens is 324 g/mol. The van der Waals surface area contributed by atoms with Crippen molar-refractivity contribution in [3.8, 4) is 0 Å². The number of amides is 1. The molecule has 1 unspecified atom stereocenters. The number of benzene rings is 2. The molecule has 26 heavy (non-hydrogen) atoms. The lowest BCUT2D eigenvalue weighted by molar-refractivity contribution is -0.116. The molecule has 0 aliphatic carbocycles. The number of rotatable bonds is 3. The van der Waals surface area contributed by atoms with Crippen LogP contribution in [0.25, 0.3) is 10.9 Å². The predicted octanol–water partition coefficient (Wildman–Crippen LogP) is 4.76. The Morgan fingerprint density at radius 2 is 1.92 bits per heavy atom. The Labute approximate surface area is 151 Å². The molecule has 0 spiro atoms. The highest BCUT2D eigenvalue weighted by Crippen LogP contribution is 2.41. The molecule has 1 amide bonds. The van der Waals surface area contributed by atoms with Crippen LogP contribution >= 0.6 is 0 Å². The summed E-state index contributed by atoms with van der Waals surface area (Å²) in [6.07, 6.45) is 4.23. The van der Waals surface area contributed by atoms with Gasteiger partial charge in [-0.25, -0.2) is 0 Å². The second kappa shape index (κ2) is 5.92. The number of nitrogens with one attached hydrogen (secondary N) is 1. The van der Waals surface area contributed by atoms with Gasteiger partial charge >= 0.3 is 0 Å². The highest BCUT2D eigenvalue weighted by Gasteiger charge is 2.29. The molecule has 4 heteroatoms. The van der Waals surface area contributed by atoms with E-state index in [1.54, 1.807) is 6.26 Å². The zero-order valence-corrected chi connectivity index (χ0v) is 14.2. The smallest absolute Gasteiger partial charge is 0.225 e. The molecule has 3 heterocycles. The van der Waals surface area contributed by atoms with Crippen LogP contribution in [0.5, 0.6) is 0 Å². The van der Waals surface area contributed by atoms with Crippen molar-refractivity contribution in [2.24, 2.45) is 0 Å². The highest BCUT2D eigenvalue weighted by molar-refractivity contribution is 6.05. The quantitative estimate of drug-likeness (QED) is 0.584. The van der Waals surface area contributed by atoms with Crippen LogP contribution in [0, 0.1) is 0 Å². The van der Waals surface area contributed by atoms with Crippen LogP contribution < -0.4 is 5.32 Å². The van der Waals surface area contributed by atoms with E-state index in [4.69, 9.17) is 4.42 Å². The molecule has 1 atom stereocenters. The number of carbonyl (C=O) groups excluding carboxylic acids is 1. The Hall–Kier alpha value is -3.27. The van der Waals surface area contributed by atoms with Crippen molar-refractivity contribution in [1.82, 2.24) is 4.57 Å². The number of carbonyl (C=O) groups is 1. The molecule has 1 aliphatic heterocycles. The van der Waals surface area contributed by atoms with Gasteiger partial charge in [0.15, 0.2) is 0 Å². The standard InChI is InChI=1S/C22H18N2O2/c25-21-12-16(20-10-5-11-26-20)17-14-24(13-15-6-2-1-3-7-15)19-9-4-8-18(23-21)22(17)19/h1-11,14,16H,12-13H2,(H,23,25). The molecule has 0 radical (unpaired) electrons. The summed E-state index contributed by atoms with van der Waals surface area (Å²) in [6.45, 7) is 0.791. The summed E-state index contributed by atoms with van der Waals surface area (Å²) in [5.41, 5.74) is 4.39. The largest absolute Gasteiger partial charge is 0.469 e. The molecule has 0 saturated carbocycles. The van der Waals surface area contributed by atoms with Gasteiger partial charge in [-0.05, 0) is 35.4 Å². The second-order valence-corrected chi connectivity index (χ2v) is 6.72. The summed E-state index contributed by atoms with van der Waals surface area (Å²) in [5, 5.41) is 4.17. The third-order valence-corrected chi connectivity index (χ3v) is 5.06. The number of aromatic nitrogens is 1. The van der Waals surface area contributed by atoms with E-state index in [1.165, 1.54) is 5.56 Å². The van der Waals surface area contributed by atoms with Crippen molar-refractivity contribution in [3.05, 3.63) is 90.0 Å². The number of hydrogen-bond donors (Lipinski definition) is 1. The van der Waals surface area contributed by atoms with E-state index in [2.05, 4.69) is 46.4 Å². The van der Waals surface area contributed by atoms with Gasteiger partial charge in [0.2, 0.25) is 5.91 Å². The first-order chi connectivity index (χ1) is 12.8. The third kappa shape index (κ3) is 2.42. The maximum atomic E-state index is 12.4. The van der Waals surface area contributed by atoms with E-state index >= 15 is 0 Å². The van der Waals surface area contributed by atoms with Crippen molar-refractivity contribution in [1.29, 1.82) is 0 Å². The Kier molecular flexibility index (Phi) is 3.42. The summed E-state index contributed by atoms with van der Waals surface area (Å²) < 4.78 is 7.92. The number of hydrogen-bond acceptors (Lipinski definition) is 2. The SMILES string of the molecule is O=C1CC(c2ccco2)c2cn(Cc3ccccc3)c3cccc(c23)N1. The normalized spacial score (nSPS) is 16.5. The summed E-state index contributed by atoms with van der Waals surface area (Å²) >= 11 is 0. The maximum Gasteiger partial charge on any atom is 0.225 e. The van der Waals surface area contributed by atoms with E-state index in [-0.39, 0.29) is 11.8 Å². The highest BCUT2D eigenvalue weighted by atomic mass is 16.3. The molecule has 1 aliphatic rings. The maximum absolute atomic E-state index is 12.4. The van der Waals surface area contributed by atoms with E-state index in [9.17, 15) is 4.79 Å². The molecule has 1 N–H and O–H groups in total. The average molecular weight is 342 g/mol. The summed E-state index contributed by atoms with van der Waals surface area (Å²) in [4.78, 5) is 12.4. The van der Waals surface area contributed by atoms with Gasteiger partial charge in [-0.2, -0.15) is 0 Å². The number of anilines is 1. The molecule has 0 bridgehead atoms. The van der Waals surface area contributed by atoms with Crippen molar-refractivity contribution >= 4 is 22.5 Å². The van der Waals surface area contributed by atoms with E-state index in [1.807, 2.05) is 30.3 Å². The molecule has 2 aromatic carbocycles. The Balaban J connectivity index is 1.71. The predicted molar refractivity (Wildman–Crippen MR) is 101 cm³/mol. The van der Waals surface area contributed by atoms with Gasteiger partial charge in [-0.3, -0.25) is 4.79 Å². The van der Waals surface area contributed by atoms with Crippen LogP contribution in [0.3, 0.4) is 0 Å². The van der Waals surface area contributed by atoms with Gasteiger partial charge in [-0.1, -0.05) is 36.4 Å². The zero-order valence-electron chi connectivity index (χ0n) is 14.2. The fourth-order valence-corrected chi connectivity index (χ4v) is 3.90. The van der Waals surface area contributed by atoms with Crippen molar-refractivity contribution in [3.63, 3.8) is 0 Å². The van der Waals surface area contributed by atoms with Gasteiger partial charge < -0.3 is 14.3 Å². The van der Waals surface area contributed by atoms with Gasteiger partial charge in [0.05, 0.1) is 23.4 Å². The fourth-order valence-electron chi connectivity index (χ4n) is 3.90. The zero-order chi connectivity index (χ0) is 17.5. The topological polar surface area (TPSA) is 47.2 Å². The first-order valence-electron chi connectivity index (χ1n) is 8.78. The molecule has 128 valence electrons. The minimum atomic E-state index is -0.0758. The summed E-state index contributed by atoms with van der Waals surface area (Å²) in [7, 11) is 0. The van der Waals surface area contributed by atoms with Crippen LogP contribution in [0.4, 0.5) is 5.69 Å². The minimum absolute atomic E-state index is 0.0182. The summed E-state index contributed by atoms with van der Waals surface area (Å²) in [6, 6.07) is 20.3. The first-order valence-corrected chi connectivity index (χ1v) is 8.78. The van der Waals surface area contributed by atoms with Crippen LogP contribution in [0.1, 0.15) is 29.2 Å². The molecule has 4 aromatic rings. The minimum Gasteiger partial charge on any atom is -0.469 e. The second-order valence-electron chi connectivity index (χ2n) is 6.72. The molecule has 5 rings (SSSR count). The lowest BCUT2D eigenvalue weighted by atomic mass is 9.93. The third-order valence-electron chi connectivity index (χ3n) is 5.06. The van der Waals surface area contributed by atoms with E-state index < -0.39 is 0 Å². The Morgan fingerprint density at radius 3 is 2.73 bits per heavy atom. The molecule has 2 aromatic heterocycles. The van der Waals surface area contributed by atoms with Crippen LogP contribution in [0.2, 0.25) is 0 Å². The summed E-state index contributed by atoms with van der Waals surface area (Å²) in [5.74, 6) is 0.772. The van der Waals surface area contributed by atoms with Crippen molar-refractivity contribution in [2.75, 3.05) is 5.32 Å². The Bertz CT molecular complexity index is 1080. The van der Waals surface area contributed by atoms with Gasteiger partial charge in [0.25, 0.3) is 0 Å². The van der Waals surface area contributed by atoms with Crippen LogP contribution in [-0.4, -0.2) is 10.5 Å². The van der Waals surface area contributed by atoms with Crippen molar-refractivity contribution < 1.29 is 9.21 Å². The van der Waals surface area contributed by atoms with E-state index in [0.717, 1.165) is 34.5 Å². The number of nitrogens with zero attached hydrogens (tertiary/aromatic N) is 1. The van der Waals surface area contributed by atoms with Gasteiger partial charge in [0, 0.05) is 24.5 Å². The lowest BCUT2D eigenvalue weighted by Gasteiger charge is -2.11. The Morgan fingerprint density at radius 1 is 1.04 bits per heavy atom. The average Bonchev–Trinajstić information content (AvgIpc) is 3.27. The van der Waals surface area contributed by atoms with Gasteiger partial charge in [-0.15, -0.1) is 0 Å². The molecule has 0 saturated heterocycles. The van der Waals surface area contributed by atoms with E-state index in [0.29, 0.717) is 6.42 Å². The monoisotopic (exact) mass is 342 g/mol. The first kappa shape index (κ1) is 15.0. The molecule has 4 nitrogen and oxygen atoms in total.